The molecule has 3 fully saturated rings. The van der Waals surface area contributed by atoms with Crippen molar-refractivity contribution in [3.05, 3.63) is 115 Å². The van der Waals surface area contributed by atoms with E-state index in [9.17, 15) is 44.4 Å². The third-order valence-electron chi connectivity index (χ3n) is 17.2. The largest absolute Gasteiger partial charge is 0.507 e. The molecular weight excluding hydrogens is 1040 g/mol. The first-order valence-corrected chi connectivity index (χ1v) is 27.2. The number of aromatic nitrogens is 1. The number of carbonyl (C=O) groups is 6. The maximum Gasteiger partial charge on any atom is 0.341 e. The first kappa shape index (κ1) is 57.5. The summed E-state index contributed by atoms with van der Waals surface area (Å²) in [5.74, 6) is -11.7. The first-order valence-electron chi connectivity index (χ1n) is 27.2. The molecule has 5 bridgehead atoms. The third kappa shape index (κ3) is 10.1. The number of phenols is 1. The van der Waals surface area contributed by atoms with Crippen LogP contribution in [0.4, 0.5) is 10.1 Å². The van der Waals surface area contributed by atoms with Gasteiger partial charge in [0.15, 0.2) is 5.82 Å². The summed E-state index contributed by atoms with van der Waals surface area (Å²) in [6.07, 6.45) is 6.52. The number of nitrogens with one attached hydrogen (secondary N) is 1. The highest BCUT2D eigenvalue weighted by molar-refractivity contribution is 6.32. The molecular formula is C59H70FN5O15. The highest BCUT2D eigenvalue weighted by Crippen LogP contribution is 2.50. The molecule has 10 atom stereocenters. The number of ether oxygens (including phenoxy) is 4. The Balaban J connectivity index is 1.05. The van der Waals surface area contributed by atoms with Crippen molar-refractivity contribution in [1.82, 2.24) is 19.5 Å². The number of aliphatic hydroxyl groups excluding tert-OH is 2. The number of carboxylic acid groups (broad SMARTS) is 1. The summed E-state index contributed by atoms with van der Waals surface area (Å²) >= 11 is 0. The number of carbonyl (C=O) groups excluding carboxylic acids is 5. The number of ketones is 3. The predicted molar refractivity (Wildman–Crippen MR) is 289 cm³/mol. The maximum absolute atomic E-state index is 16.3. The molecule has 1 amide bonds. The van der Waals surface area contributed by atoms with Gasteiger partial charge in [-0.15, -0.1) is 0 Å². The second-order valence-corrected chi connectivity index (χ2v) is 22.5. The van der Waals surface area contributed by atoms with Gasteiger partial charge in [0.2, 0.25) is 11.6 Å². The Morgan fingerprint density at radius 1 is 0.850 bits per heavy atom. The van der Waals surface area contributed by atoms with E-state index >= 15 is 14.0 Å². The molecule has 20 nitrogen and oxygen atoms in total. The number of pyridine rings is 2. The van der Waals surface area contributed by atoms with E-state index in [1.54, 1.807) is 51.7 Å². The van der Waals surface area contributed by atoms with Crippen molar-refractivity contribution < 1.29 is 72.5 Å². The number of anilines is 1. The number of allylic oxidation sites excluding steroid dienone is 4. The summed E-state index contributed by atoms with van der Waals surface area (Å²) in [4.78, 5) is 103. The number of rotatable bonds is 7. The van der Waals surface area contributed by atoms with Gasteiger partial charge in [0.05, 0.1) is 58.7 Å². The number of phenolic OH excluding ortho intramolecular Hbond substituents is 1. The number of aliphatic hydroxyl groups is 2. The number of hydrogen-bond donors (Lipinski definition) is 5. The Morgan fingerprint density at radius 3 is 2.17 bits per heavy atom. The number of aryl methyl sites for hydroxylation is 1. The Kier molecular flexibility index (Phi) is 15.8. The lowest BCUT2D eigenvalue weighted by atomic mass is 9.78. The zero-order valence-electron chi connectivity index (χ0n) is 46.6. The molecule has 1 unspecified atom stereocenters. The van der Waals surface area contributed by atoms with Crippen LogP contribution in [0.25, 0.3) is 5.52 Å². The number of halogens is 1. The Morgan fingerprint density at radius 2 is 1.54 bits per heavy atom. The number of benzene rings is 1. The maximum atomic E-state index is 16.3. The summed E-state index contributed by atoms with van der Waals surface area (Å²) in [6.45, 7) is 15.9. The number of hydrogen-bond acceptors (Lipinski definition) is 17. The number of carboxylic acids is 1. The molecule has 7 aliphatic rings. The van der Waals surface area contributed by atoms with E-state index in [1.807, 2.05) is 4.90 Å². The highest BCUT2D eigenvalue weighted by atomic mass is 19.1. The number of aromatic hydroxyl groups is 1. The smallest absolute Gasteiger partial charge is 0.341 e. The van der Waals surface area contributed by atoms with E-state index in [1.165, 1.54) is 53.0 Å². The van der Waals surface area contributed by atoms with Gasteiger partial charge in [-0.1, -0.05) is 45.9 Å². The molecule has 80 heavy (non-hydrogen) atoms. The van der Waals surface area contributed by atoms with Crippen LogP contribution >= 0.6 is 0 Å². The normalized spacial score (nSPS) is 30.5. The molecule has 10 rings (SSSR count). The summed E-state index contributed by atoms with van der Waals surface area (Å²) in [5, 5.41) is 47.5. The van der Waals surface area contributed by atoms with Gasteiger partial charge in [0, 0.05) is 101 Å². The van der Waals surface area contributed by atoms with Crippen LogP contribution < -0.4 is 20.5 Å². The molecule has 5 aliphatic heterocycles. The Labute approximate surface area is 462 Å². The highest BCUT2D eigenvalue weighted by Gasteiger charge is 2.53. The van der Waals surface area contributed by atoms with Crippen LogP contribution in [-0.4, -0.2) is 152 Å². The fourth-order valence-corrected chi connectivity index (χ4v) is 12.4. The van der Waals surface area contributed by atoms with Gasteiger partial charge in [0.1, 0.15) is 34.6 Å². The van der Waals surface area contributed by atoms with Crippen LogP contribution in [0.15, 0.2) is 64.6 Å². The molecule has 0 radical (unpaired) electrons. The Bertz CT molecular complexity index is 3300. The minimum absolute atomic E-state index is 0.0429. The van der Waals surface area contributed by atoms with Crippen molar-refractivity contribution in [2.75, 3.05) is 51.3 Å². The molecule has 5 N–H and O–H groups in total. The van der Waals surface area contributed by atoms with Crippen molar-refractivity contribution in [3.8, 4) is 11.5 Å². The standard InChI is InChI=1S/C59H70FN5O15/c1-27-12-11-13-28(2)56(73)61-44-47(63-21-19-62(20-22-63)36-16-18-64(25-36)46-30(4)45-37(35-14-15-35)24-38(58(75)76)57(74)65(45)26-39(46)60)52(71)41-42(51(44)70)50(69)33(7)54-43(41)55(72)59(9,80-54)78-23-17-40(77-10)29(3)53(79-34(8)66)32(6)49(68)31(5)48(27)67/h11-13,17,23-24,26-27,29,31-32,35-36,40,48-49,53,67-69H,14-16,18-22,25H2,1-10H3,(H,61,73)(H,75,76)/b12-11+,23-17+,28-13-/t27-,29+,31+,32+,36?,40-,48-,49+,53+,59-/m0/s1. The van der Waals surface area contributed by atoms with Crippen LogP contribution in [0.1, 0.15) is 132 Å². The minimum atomic E-state index is -2.16. The number of esters is 1. The summed E-state index contributed by atoms with van der Waals surface area (Å²) < 4.78 is 41.2. The second kappa shape index (κ2) is 22.0. The van der Waals surface area contributed by atoms with E-state index in [2.05, 4.69) is 10.2 Å². The molecule has 1 aromatic carbocycles. The van der Waals surface area contributed by atoms with Crippen molar-refractivity contribution in [1.29, 1.82) is 0 Å². The second-order valence-electron chi connectivity index (χ2n) is 22.5. The molecule has 7 heterocycles. The third-order valence-corrected chi connectivity index (χ3v) is 17.2. The lowest BCUT2D eigenvalue weighted by Crippen LogP contribution is -2.53. The molecule has 0 spiro atoms. The van der Waals surface area contributed by atoms with Crippen LogP contribution in [0.3, 0.4) is 0 Å². The van der Waals surface area contributed by atoms with Crippen LogP contribution in [0.5, 0.6) is 11.5 Å². The van der Waals surface area contributed by atoms with Gasteiger partial charge in [-0.3, -0.25) is 38.1 Å². The molecule has 1 saturated carbocycles. The zero-order chi connectivity index (χ0) is 58.1. The van der Waals surface area contributed by atoms with Gasteiger partial charge in [-0.2, -0.15) is 0 Å². The van der Waals surface area contributed by atoms with Gasteiger partial charge in [0.25, 0.3) is 17.2 Å². The molecule has 3 aromatic rings. The monoisotopic (exact) mass is 1110 g/mol. The van der Waals surface area contributed by atoms with Gasteiger partial charge in [-0.05, 0) is 69.2 Å². The number of amides is 1. The number of piperazine rings is 1. The van der Waals surface area contributed by atoms with E-state index in [0.29, 0.717) is 54.9 Å². The van der Waals surface area contributed by atoms with Gasteiger partial charge < -0.3 is 54.5 Å². The van der Waals surface area contributed by atoms with Crippen molar-refractivity contribution in [2.45, 2.75) is 124 Å². The number of aromatic carboxylic acids is 1. The first-order chi connectivity index (χ1) is 37.8. The van der Waals surface area contributed by atoms with Crippen LogP contribution in [0.2, 0.25) is 0 Å². The molecule has 428 valence electrons. The van der Waals surface area contributed by atoms with Crippen LogP contribution in [-0.2, 0) is 23.8 Å². The molecule has 2 saturated heterocycles. The average molecular weight is 1110 g/mol. The predicted octanol–water partition coefficient (Wildman–Crippen LogP) is 5.49. The van der Waals surface area contributed by atoms with Gasteiger partial charge >= 0.3 is 17.7 Å². The molecule has 2 aromatic heterocycles. The van der Waals surface area contributed by atoms with Crippen molar-refractivity contribution in [2.24, 2.45) is 23.7 Å². The van der Waals surface area contributed by atoms with Crippen LogP contribution in [0, 0.1) is 43.3 Å². The minimum Gasteiger partial charge on any atom is -0.507 e. The topological polar surface area (TPSA) is 263 Å². The summed E-state index contributed by atoms with van der Waals surface area (Å²) in [7, 11) is 1.41. The van der Waals surface area contributed by atoms with E-state index < -0.39 is 129 Å². The number of nitrogens with zero attached hydrogens (tertiary/aromatic N) is 4. The summed E-state index contributed by atoms with van der Waals surface area (Å²) in [5.41, 5.74) is -0.987. The number of methoxy groups -OCH3 is 1. The fraction of sp³-hybridized carbons (Fsp3) is 0.508. The summed E-state index contributed by atoms with van der Waals surface area (Å²) in [6, 6.07) is 1.32. The van der Waals surface area contributed by atoms with Crippen molar-refractivity contribution in [3.63, 3.8) is 0 Å². The Hall–Kier alpha value is -7.20. The number of fused-ring (bicyclic) bond motifs is 15. The average Bonchev–Trinajstić information content (AvgIpc) is 4.21. The molecule has 21 heteroatoms. The molecule has 2 aliphatic carbocycles. The lowest BCUT2D eigenvalue weighted by molar-refractivity contribution is -0.160. The van der Waals surface area contributed by atoms with E-state index in [0.717, 1.165) is 29.7 Å². The van der Waals surface area contributed by atoms with Gasteiger partial charge in [-0.25, -0.2) is 9.18 Å². The lowest BCUT2D eigenvalue weighted by Gasteiger charge is -2.41. The number of Topliss-reactive ketones (excluding diaryl/α,β-unsaturated/α-hetero) is 3. The SMILES string of the molecule is CO[C@H]1/C=C/O[C@@]2(C)Oc3c(C)c(O)c4c(c3C2=O)C(=O)C(N2CCN(C3CCN(c5c(F)cn6c(=O)c(C(=O)O)cc(C7CC7)c6c5C)C3)CC2)=C(NC(=O)/C(C)=C\C=C\[C@H](C)[C@H](O)[C@@H](C)[C@@H](O)[C@@H](C)[C@H](OC(C)=O)[C@@H]1C)C4=O. The zero-order valence-corrected chi connectivity index (χ0v) is 46.6. The van der Waals surface area contributed by atoms with Crippen molar-refractivity contribution >= 4 is 46.4 Å². The van der Waals surface area contributed by atoms with E-state index in [-0.39, 0.29) is 53.2 Å². The quantitative estimate of drug-likeness (QED) is 0.183. The fourth-order valence-electron chi connectivity index (χ4n) is 12.4. The van der Waals surface area contributed by atoms with E-state index in [4.69, 9.17) is 18.9 Å².